The first-order chi connectivity index (χ1) is 17.5. The number of nitrogens with one attached hydrogen (secondary N) is 1. The quantitative estimate of drug-likeness (QED) is 0.326. The maximum Gasteiger partial charge on any atom is 0.262 e. The number of carbonyl (C=O) groups is 1. The maximum absolute atomic E-state index is 12.6. The molecule has 184 valence electrons. The fourth-order valence-electron chi connectivity index (χ4n) is 3.49. The Morgan fingerprint density at radius 2 is 1.81 bits per heavy atom. The molecule has 0 atom stereocenters. The highest BCUT2D eigenvalue weighted by Crippen LogP contribution is 2.38. The van der Waals surface area contributed by atoms with Crippen molar-refractivity contribution in [1.29, 1.82) is 5.26 Å². The van der Waals surface area contributed by atoms with Crippen molar-refractivity contribution in [3.63, 3.8) is 0 Å². The Bertz CT molecular complexity index is 1330. The third-order valence-electron chi connectivity index (χ3n) is 5.36. The number of benzene rings is 3. The molecule has 0 radical (unpaired) electrons. The van der Waals surface area contributed by atoms with E-state index in [1.807, 2.05) is 36.4 Å². The molecule has 0 saturated carbocycles. The normalized spacial score (nSPS) is 12.0. The third-order valence-corrected chi connectivity index (χ3v) is 5.64. The Labute approximate surface area is 213 Å². The van der Waals surface area contributed by atoms with Gasteiger partial charge in [-0.15, -0.1) is 0 Å². The third kappa shape index (κ3) is 5.82. The first kappa shape index (κ1) is 24.8. The Morgan fingerprint density at radius 3 is 2.53 bits per heavy atom. The summed E-state index contributed by atoms with van der Waals surface area (Å²) in [6.45, 7) is 0.677. The molecular weight excluding hydrogens is 484 g/mol. The average molecular weight is 507 g/mol. The summed E-state index contributed by atoms with van der Waals surface area (Å²) in [5.41, 5.74) is 2.18. The number of methoxy groups -OCH3 is 2. The van der Waals surface area contributed by atoms with Crippen molar-refractivity contribution in [3.8, 4) is 34.8 Å². The molecule has 36 heavy (non-hydrogen) atoms. The first-order valence-corrected chi connectivity index (χ1v) is 11.3. The Morgan fingerprint density at radius 1 is 1.06 bits per heavy atom. The minimum atomic E-state index is -0.508. The number of ether oxygens (including phenoxy) is 5. The summed E-state index contributed by atoms with van der Waals surface area (Å²) in [6.07, 6.45) is 1.44. The van der Waals surface area contributed by atoms with Gasteiger partial charge in [-0.25, -0.2) is 0 Å². The topological polar surface area (TPSA) is 99.0 Å². The SMILES string of the molecule is COc1ccc(CNC(=O)/C(C#N)=C\c2cc(Cl)c(OCc3ccc4c(c3)OCO4)c(OC)c2)cc1. The molecular formula is C27H23ClN2O6. The van der Waals surface area contributed by atoms with Gasteiger partial charge < -0.3 is 29.0 Å². The van der Waals surface area contributed by atoms with Crippen LogP contribution in [-0.4, -0.2) is 26.9 Å². The van der Waals surface area contributed by atoms with E-state index in [2.05, 4.69) is 5.32 Å². The van der Waals surface area contributed by atoms with Crippen LogP contribution in [0.1, 0.15) is 16.7 Å². The molecule has 3 aromatic carbocycles. The van der Waals surface area contributed by atoms with Crippen LogP contribution in [0.2, 0.25) is 5.02 Å². The predicted molar refractivity (Wildman–Crippen MR) is 133 cm³/mol. The van der Waals surface area contributed by atoms with Crippen LogP contribution in [-0.2, 0) is 17.9 Å². The van der Waals surface area contributed by atoms with E-state index >= 15 is 0 Å². The van der Waals surface area contributed by atoms with Crippen molar-refractivity contribution >= 4 is 23.6 Å². The van der Waals surface area contributed by atoms with E-state index in [0.717, 1.165) is 16.9 Å². The highest BCUT2D eigenvalue weighted by atomic mass is 35.5. The van der Waals surface area contributed by atoms with Gasteiger partial charge in [-0.05, 0) is 59.2 Å². The smallest absolute Gasteiger partial charge is 0.262 e. The van der Waals surface area contributed by atoms with Gasteiger partial charge in [0.25, 0.3) is 5.91 Å². The average Bonchev–Trinajstić information content (AvgIpc) is 3.37. The molecule has 1 heterocycles. The summed E-state index contributed by atoms with van der Waals surface area (Å²) in [7, 11) is 3.07. The van der Waals surface area contributed by atoms with Crippen LogP contribution in [0.4, 0.5) is 0 Å². The molecule has 4 rings (SSSR count). The molecule has 0 unspecified atom stereocenters. The van der Waals surface area contributed by atoms with Crippen LogP contribution in [0.5, 0.6) is 28.7 Å². The molecule has 0 saturated heterocycles. The molecule has 0 bridgehead atoms. The van der Waals surface area contributed by atoms with Gasteiger partial charge in [0, 0.05) is 6.54 Å². The highest BCUT2D eigenvalue weighted by Gasteiger charge is 2.16. The van der Waals surface area contributed by atoms with Crippen molar-refractivity contribution < 1.29 is 28.5 Å². The van der Waals surface area contributed by atoms with Crippen molar-refractivity contribution in [2.75, 3.05) is 21.0 Å². The number of halogens is 1. The first-order valence-electron chi connectivity index (χ1n) is 10.9. The molecule has 1 aliphatic heterocycles. The van der Waals surface area contributed by atoms with Gasteiger partial charge in [-0.3, -0.25) is 4.79 Å². The van der Waals surface area contributed by atoms with Crippen LogP contribution in [0.3, 0.4) is 0 Å². The van der Waals surface area contributed by atoms with E-state index < -0.39 is 5.91 Å². The molecule has 0 aromatic heterocycles. The number of hydrogen-bond acceptors (Lipinski definition) is 7. The van der Waals surface area contributed by atoms with Crippen LogP contribution < -0.4 is 29.0 Å². The largest absolute Gasteiger partial charge is 0.497 e. The highest BCUT2D eigenvalue weighted by molar-refractivity contribution is 6.32. The van der Waals surface area contributed by atoms with Crippen molar-refractivity contribution in [2.45, 2.75) is 13.2 Å². The molecule has 9 heteroatoms. The van der Waals surface area contributed by atoms with E-state index in [0.29, 0.717) is 28.6 Å². The Hall–Kier alpha value is -4.35. The summed E-state index contributed by atoms with van der Waals surface area (Å²) < 4.78 is 27.2. The van der Waals surface area contributed by atoms with Crippen molar-refractivity contribution in [3.05, 3.63) is 81.9 Å². The van der Waals surface area contributed by atoms with Gasteiger partial charge >= 0.3 is 0 Å². The second kappa shape index (κ2) is 11.4. The monoisotopic (exact) mass is 506 g/mol. The van der Waals surface area contributed by atoms with Gasteiger partial charge in [-0.1, -0.05) is 29.8 Å². The minimum absolute atomic E-state index is 0.0735. The van der Waals surface area contributed by atoms with Crippen LogP contribution in [0, 0.1) is 11.3 Å². The molecule has 0 fully saturated rings. The summed E-state index contributed by atoms with van der Waals surface area (Å²) in [4.78, 5) is 12.6. The number of fused-ring (bicyclic) bond motifs is 1. The lowest BCUT2D eigenvalue weighted by Gasteiger charge is -2.14. The number of nitriles is 1. The minimum Gasteiger partial charge on any atom is -0.497 e. The lowest BCUT2D eigenvalue weighted by atomic mass is 10.1. The Balaban J connectivity index is 1.45. The lowest BCUT2D eigenvalue weighted by Crippen LogP contribution is -2.23. The second-order valence-corrected chi connectivity index (χ2v) is 8.12. The lowest BCUT2D eigenvalue weighted by molar-refractivity contribution is -0.117. The molecule has 3 aromatic rings. The summed E-state index contributed by atoms with van der Waals surface area (Å²) in [6, 6.07) is 18.0. The van der Waals surface area contributed by atoms with Gasteiger partial charge in [-0.2, -0.15) is 5.26 Å². The molecule has 1 N–H and O–H groups in total. The molecule has 8 nitrogen and oxygen atoms in total. The molecule has 0 aliphatic carbocycles. The fourth-order valence-corrected chi connectivity index (χ4v) is 3.76. The summed E-state index contributed by atoms with van der Waals surface area (Å²) in [5, 5.41) is 12.6. The number of amides is 1. The number of nitrogens with zero attached hydrogens (tertiary/aromatic N) is 1. The van der Waals surface area contributed by atoms with Crippen molar-refractivity contribution in [2.24, 2.45) is 0 Å². The standard InChI is InChI=1S/C27H23ClN2O6/c1-32-21-6-3-17(4-7-21)14-30-27(31)20(13-29)9-19-10-22(28)26(25(12-19)33-2)34-15-18-5-8-23-24(11-18)36-16-35-23/h3-12H,14-16H2,1-2H3,(H,30,31)/b20-9-. The van der Waals surface area contributed by atoms with Crippen LogP contribution >= 0.6 is 11.6 Å². The van der Waals surface area contributed by atoms with Crippen molar-refractivity contribution in [1.82, 2.24) is 5.32 Å². The summed E-state index contributed by atoms with van der Waals surface area (Å²) in [5.74, 6) is 2.26. The second-order valence-electron chi connectivity index (χ2n) is 7.71. The predicted octanol–water partition coefficient (Wildman–Crippen LogP) is 4.89. The van der Waals surface area contributed by atoms with Crippen LogP contribution in [0.15, 0.2) is 60.2 Å². The van der Waals surface area contributed by atoms with Gasteiger partial charge in [0.05, 0.1) is 19.2 Å². The van der Waals surface area contributed by atoms with Gasteiger partial charge in [0.15, 0.2) is 23.0 Å². The van der Waals surface area contributed by atoms with Gasteiger partial charge in [0.1, 0.15) is 24.0 Å². The number of carbonyl (C=O) groups excluding carboxylic acids is 1. The van der Waals surface area contributed by atoms with E-state index in [1.165, 1.54) is 13.2 Å². The van der Waals surface area contributed by atoms with E-state index in [-0.39, 0.29) is 30.5 Å². The zero-order valence-electron chi connectivity index (χ0n) is 19.7. The van der Waals surface area contributed by atoms with Gasteiger partial charge in [0.2, 0.25) is 6.79 Å². The maximum atomic E-state index is 12.6. The molecule has 1 amide bonds. The van der Waals surface area contributed by atoms with E-state index in [9.17, 15) is 10.1 Å². The van der Waals surface area contributed by atoms with Crippen LogP contribution in [0.25, 0.3) is 6.08 Å². The zero-order valence-corrected chi connectivity index (χ0v) is 20.4. The molecule has 1 aliphatic rings. The fraction of sp³-hybridized carbons (Fsp3) is 0.185. The zero-order chi connectivity index (χ0) is 25.5. The van der Waals surface area contributed by atoms with E-state index in [4.69, 9.17) is 35.3 Å². The van der Waals surface area contributed by atoms with E-state index in [1.54, 1.807) is 31.4 Å². The Kier molecular flexibility index (Phi) is 7.83. The number of hydrogen-bond donors (Lipinski definition) is 1. The molecule has 0 spiro atoms. The summed E-state index contributed by atoms with van der Waals surface area (Å²) >= 11 is 6.47. The number of rotatable bonds is 9.